The Balaban J connectivity index is 1.81. The van der Waals surface area contributed by atoms with Crippen LogP contribution >= 0.6 is 0 Å². The maximum absolute atomic E-state index is 11.9. The normalized spacial score (nSPS) is 24.7. The van der Waals surface area contributed by atoms with Crippen molar-refractivity contribution in [2.45, 2.75) is 50.3 Å². The SMILES string of the molecule is NC(CC(=O)NC1CCCC(O)C1)c1ccccc1. The number of benzene rings is 1. The fourth-order valence-electron chi connectivity index (χ4n) is 2.60. The minimum atomic E-state index is -0.276. The fourth-order valence-corrected chi connectivity index (χ4v) is 2.60. The number of nitrogens with two attached hydrogens (primary N) is 1. The molecule has 0 bridgehead atoms. The third-order valence-electron chi connectivity index (χ3n) is 3.64. The van der Waals surface area contributed by atoms with E-state index in [1.54, 1.807) is 0 Å². The van der Waals surface area contributed by atoms with E-state index in [2.05, 4.69) is 5.32 Å². The maximum atomic E-state index is 11.9. The van der Waals surface area contributed by atoms with E-state index in [-0.39, 0.29) is 30.5 Å². The van der Waals surface area contributed by atoms with E-state index in [4.69, 9.17) is 5.73 Å². The van der Waals surface area contributed by atoms with Crippen molar-refractivity contribution in [1.29, 1.82) is 0 Å². The van der Waals surface area contributed by atoms with Gasteiger partial charge in [-0.3, -0.25) is 4.79 Å². The molecule has 19 heavy (non-hydrogen) atoms. The predicted octanol–water partition coefficient (Wildman–Crippen LogP) is 1.50. The molecule has 104 valence electrons. The average Bonchev–Trinajstić information content (AvgIpc) is 2.39. The van der Waals surface area contributed by atoms with Crippen molar-refractivity contribution in [1.82, 2.24) is 5.32 Å². The van der Waals surface area contributed by atoms with Gasteiger partial charge < -0.3 is 16.2 Å². The van der Waals surface area contributed by atoms with Gasteiger partial charge in [0.15, 0.2) is 0 Å². The smallest absolute Gasteiger partial charge is 0.222 e. The van der Waals surface area contributed by atoms with Crippen molar-refractivity contribution in [2.24, 2.45) is 5.73 Å². The lowest BCUT2D eigenvalue weighted by molar-refractivity contribution is -0.122. The van der Waals surface area contributed by atoms with Gasteiger partial charge in [-0.1, -0.05) is 30.3 Å². The number of carbonyl (C=O) groups excluding carboxylic acids is 1. The van der Waals surface area contributed by atoms with E-state index in [0.717, 1.165) is 24.8 Å². The Labute approximate surface area is 114 Å². The zero-order chi connectivity index (χ0) is 13.7. The zero-order valence-corrected chi connectivity index (χ0v) is 11.1. The Morgan fingerprint density at radius 2 is 2.11 bits per heavy atom. The Morgan fingerprint density at radius 3 is 2.79 bits per heavy atom. The highest BCUT2D eigenvalue weighted by molar-refractivity contribution is 5.77. The number of rotatable bonds is 4. The molecule has 0 heterocycles. The average molecular weight is 262 g/mol. The molecule has 1 fully saturated rings. The van der Waals surface area contributed by atoms with Crippen molar-refractivity contribution in [2.75, 3.05) is 0 Å². The van der Waals surface area contributed by atoms with Crippen LogP contribution in [0.2, 0.25) is 0 Å². The molecule has 2 rings (SSSR count). The van der Waals surface area contributed by atoms with Crippen LogP contribution in [-0.4, -0.2) is 23.2 Å². The van der Waals surface area contributed by atoms with Gasteiger partial charge in [0.05, 0.1) is 6.10 Å². The van der Waals surface area contributed by atoms with Gasteiger partial charge in [-0.25, -0.2) is 0 Å². The van der Waals surface area contributed by atoms with E-state index < -0.39 is 0 Å². The summed E-state index contributed by atoms with van der Waals surface area (Å²) in [6, 6.07) is 9.47. The molecule has 0 saturated heterocycles. The Bertz CT molecular complexity index is 408. The highest BCUT2D eigenvalue weighted by atomic mass is 16.3. The molecule has 1 amide bonds. The van der Waals surface area contributed by atoms with Crippen LogP contribution in [0.3, 0.4) is 0 Å². The van der Waals surface area contributed by atoms with Crippen LogP contribution in [0.15, 0.2) is 30.3 Å². The van der Waals surface area contributed by atoms with Crippen molar-refractivity contribution in [3.05, 3.63) is 35.9 Å². The number of aliphatic hydroxyl groups is 1. The summed E-state index contributed by atoms with van der Waals surface area (Å²) in [5.41, 5.74) is 6.99. The molecule has 1 aliphatic rings. The maximum Gasteiger partial charge on any atom is 0.222 e. The van der Waals surface area contributed by atoms with Crippen molar-refractivity contribution < 1.29 is 9.90 Å². The summed E-state index contributed by atoms with van der Waals surface area (Å²) in [4.78, 5) is 11.9. The molecule has 3 atom stereocenters. The summed E-state index contributed by atoms with van der Waals surface area (Å²) in [5.74, 6) is -0.0320. The largest absolute Gasteiger partial charge is 0.393 e. The molecule has 4 N–H and O–H groups in total. The summed E-state index contributed by atoms with van der Waals surface area (Å²) < 4.78 is 0. The van der Waals surface area contributed by atoms with Gasteiger partial charge in [-0.05, 0) is 31.2 Å². The summed E-state index contributed by atoms with van der Waals surface area (Å²) >= 11 is 0. The third-order valence-corrected chi connectivity index (χ3v) is 3.64. The lowest BCUT2D eigenvalue weighted by atomic mass is 9.93. The van der Waals surface area contributed by atoms with Crippen molar-refractivity contribution in [3.63, 3.8) is 0 Å². The first-order valence-corrected chi connectivity index (χ1v) is 6.93. The molecule has 0 aromatic heterocycles. The number of nitrogens with one attached hydrogen (secondary N) is 1. The van der Waals surface area contributed by atoms with E-state index in [0.29, 0.717) is 6.42 Å². The molecule has 1 aromatic carbocycles. The van der Waals surface area contributed by atoms with Crippen molar-refractivity contribution >= 4 is 5.91 Å². The van der Waals surface area contributed by atoms with E-state index in [1.807, 2.05) is 30.3 Å². The quantitative estimate of drug-likeness (QED) is 0.769. The zero-order valence-electron chi connectivity index (χ0n) is 11.1. The van der Waals surface area contributed by atoms with E-state index >= 15 is 0 Å². The minimum Gasteiger partial charge on any atom is -0.393 e. The van der Waals surface area contributed by atoms with Crippen molar-refractivity contribution in [3.8, 4) is 0 Å². The van der Waals surface area contributed by atoms with Gasteiger partial charge in [-0.15, -0.1) is 0 Å². The lowest BCUT2D eigenvalue weighted by Gasteiger charge is -2.27. The first-order chi connectivity index (χ1) is 9.15. The van der Waals surface area contributed by atoms with Gasteiger partial charge in [0.1, 0.15) is 0 Å². The second-order valence-corrected chi connectivity index (χ2v) is 5.31. The van der Waals surface area contributed by atoms with Crippen LogP contribution in [0, 0.1) is 0 Å². The standard InChI is InChI=1S/C15H22N2O2/c16-14(11-5-2-1-3-6-11)10-15(19)17-12-7-4-8-13(18)9-12/h1-3,5-6,12-14,18H,4,7-10,16H2,(H,17,19). The number of hydrogen-bond acceptors (Lipinski definition) is 3. The summed E-state index contributed by atoms with van der Waals surface area (Å²) in [7, 11) is 0. The number of carbonyl (C=O) groups is 1. The molecule has 1 aliphatic carbocycles. The Kier molecular flexibility index (Phi) is 4.93. The molecule has 4 nitrogen and oxygen atoms in total. The predicted molar refractivity (Wildman–Crippen MR) is 74.4 cm³/mol. The van der Waals surface area contributed by atoms with Gasteiger partial charge in [-0.2, -0.15) is 0 Å². The summed E-state index contributed by atoms with van der Waals surface area (Å²) in [5, 5.41) is 12.5. The Morgan fingerprint density at radius 1 is 1.37 bits per heavy atom. The highest BCUT2D eigenvalue weighted by Gasteiger charge is 2.22. The molecule has 0 radical (unpaired) electrons. The number of aliphatic hydroxyl groups excluding tert-OH is 1. The molecule has 3 unspecified atom stereocenters. The highest BCUT2D eigenvalue weighted by Crippen LogP contribution is 2.19. The minimum absolute atomic E-state index is 0.0320. The first-order valence-electron chi connectivity index (χ1n) is 6.93. The summed E-state index contributed by atoms with van der Waals surface area (Å²) in [6.07, 6.45) is 3.43. The van der Waals surface area contributed by atoms with Crippen LogP contribution < -0.4 is 11.1 Å². The third kappa shape index (κ3) is 4.33. The fraction of sp³-hybridized carbons (Fsp3) is 0.533. The van der Waals surface area contributed by atoms with Gasteiger partial charge >= 0.3 is 0 Å². The van der Waals surface area contributed by atoms with Crippen LogP contribution in [0.1, 0.15) is 43.7 Å². The second kappa shape index (κ2) is 6.68. The molecule has 1 aromatic rings. The number of hydrogen-bond donors (Lipinski definition) is 3. The van der Waals surface area contributed by atoms with Crippen LogP contribution in [-0.2, 0) is 4.79 Å². The van der Waals surface area contributed by atoms with Crippen LogP contribution in [0.25, 0.3) is 0 Å². The van der Waals surface area contributed by atoms with Gasteiger partial charge in [0, 0.05) is 18.5 Å². The molecule has 0 spiro atoms. The first kappa shape index (κ1) is 14.0. The molecule has 0 aliphatic heterocycles. The molecule has 1 saturated carbocycles. The molecule has 4 heteroatoms. The molecular weight excluding hydrogens is 240 g/mol. The monoisotopic (exact) mass is 262 g/mol. The van der Waals surface area contributed by atoms with E-state index in [9.17, 15) is 9.90 Å². The number of amides is 1. The van der Waals surface area contributed by atoms with Crippen LogP contribution in [0.4, 0.5) is 0 Å². The van der Waals surface area contributed by atoms with Gasteiger partial charge in [0.2, 0.25) is 5.91 Å². The van der Waals surface area contributed by atoms with Crippen LogP contribution in [0.5, 0.6) is 0 Å². The summed E-state index contributed by atoms with van der Waals surface area (Å²) in [6.45, 7) is 0. The van der Waals surface area contributed by atoms with Gasteiger partial charge in [0.25, 0.3) is 0 Å². The Hall–Kier alpha value is -1.39. The molecular formula is C15H22N2O2. The van der Waals surface area contributed by atoms with E-state index in [1.165, 1.54) is 0 Å². The lowest BCUT2D eigenvalue weighted by Crippen LogP contribution is -2.40. The topological polar surface area (TPSA) is 75.4 Å². The second-order valence-electron chi connectivity index (χ2n) is 5.31.